The molecule has 1 amide bonds. The lowest BCUT2D eigenvalue weighted by Crippen LogP contribution is -2.31. The molecule has 2 rings (SSSR count). The summed E-state index contributed by atoms with van der Waals surface area (Å²) >= 11 is 0. The second-order valence-electron chi connectivity index (χ2n) is 5.74. The van der Waals surface area contributed by atoms with Crippen molar-refractivity contribution >= 4 is 11.7 Å². The van der Waals surface area contributed by atoms with Gasteiger partial charge in [-0.3, -0.25) is 4.79 Å². The van der Waals surface area contributed by atoms with Gasteiger partial charge < -0.3 is 15.3 Å². The van der Waals surface area contributed by atoms with E-state index in [2.05, 4.69) is 10.3 Å². The molecule has 1 aliphatic heterocycles. The van der Waals surface area contributed by atoms with Crippen molar-refractivity contribution in [2.75, 3.05) is 18.4 Å². The molecule has 0 saturated carbocycles. The molecule has 1 aromatic heterocycles. The SMILES string of the molecule is CC(C)Nc1ncccc1C(=O)N1CCC(C(C)O)C1. The fourth-order valence-corrected chi connectivity index (χ4v) is 2.50. The Morgan fingerprint density at radius 2 is 2.25 bits per heavy atom. The molecular weight excluding hydrogens is 254 g/mol. The third kappa shape index (κ3) is 3.28. The van der Waals surface area contributed by atoms with E-state index in [1.165, 1.54) is 0 Å². The summed E-state index contributed by atoms with van der Waals surface area (Å²) in [5, 5.41) is 12.8. The molecule has 2 unspecified atom stereocenters. The van der Waals surface area contributed by atoms with Gasteiger partial charge in [0.15, 0.2) is 0 Å². The highest BCUT2D eigenvalue weighted by atomic mass is 16.3. The topological polar surface area (TPSA) is 65.5 Å². The summed E-state index contributed by atoms with van der Waals surface area (Å²) < 4.78 is 0. The molecule has 0 bridgehead atoms. The van der Waals surface area contributed by atoms with Crippen LogP contribution in [0.15, 0.2) is 18.3 Å². The number of likely N-dealkylation sites (tertiary alicyclic amines) is 1. The minimum absolute atomic E-state index is 0.00981. The van der Waals surface area contributed by atoms with E-state index in [9.17, 15) is 9.90 Å². The molecule has 0 aromatic carbocycles. The van der Waals surface area contributed by atoms with Crippen LogP contribution in [0.2, 0.25) is 0 Å². The van der Waals surface area contributed by atoms with Gasteiger partial charge >= 0.3 is 0 Å². The molecule has 2 N–H and O–H groups in total. The van der Waals surface area contributed by atoms with Gasteiger partial charge in [-0.15, -0.1) is 0 Å². The maximum absolute atomic E-state index is 12.6. The van der Waals surface area contributed by atoms with Crippen LogP contribution in [-0.4, -0.2) is 46.1 Å². The number of anilines is 1. The highest BCUT2D eigenvalue weighted by molar-refractivity contribution is 5.98. The molecule has 0 aliphatic carbocycles. The number of nitrogens with zero attached hydrogens (tertiary/aromatic N) is 2. The van der Waals surface area contributed by atoms with Crippen molar-refractivity contribution in [3.8, 4) is 0 Å². The lowest BCUT2D eigenvalue weighted by molar-refractivity contribution is 0.0763. The van der Waals surface area contributed by atoms with E-state index in [0.29, 0.717) is 24.5 Å². The molecule has 2 atom stereocenters. The Morgan fingerprint density at radius 1 is 1.50 bits per heavy atom. The number of aromatic nitrogens is 1. The molecule has 20 heavy (non-hydrogen) atoms. The van der Waals surface area contributed by atoms with Gasteiger partial charge in [-0.25, -0.2) is 4.98 Å². The molecule has 1 fully saturated rings. The Labute approximate surface area is 120 Å². The van der Waals surface area contributed by atoms with Crippen LogP contribution in [-0.2, 0) is 0 Å². The number of carbonyl (C=O) groups is 1. The number of hydrogen-bond acceptors (Lipinski definition) is 4. The smallest absolute Gasteiger partial charge is 0.257 e. The van der Waals surface area contributed by atoms with E-state index >= 15 is 0 Å². The van der Waals surface area contributed by atoms with Crippen LogP contribution >= 0.6 is 0 Å². The second kappa shape index (κ2) is 6.22. The summed E-state index contributed by atoms with van der Waals surface area (Å²) in [4.78, 5) is 18.6. The first-order chi connectivity index (χ1) is 9.49. The fraction of sp³-hybridized carbons (Fsp3) is 0.600. The first-order valence-electron chi connectivity index (χ1n) is 7.18. The molecule has 0 radical (unpaired) electrons. The number of carbonyl (C=O) groups excluding carboxylic acids is 1. The van der Waals surface area contributed by atoms with Crippen molar-refractivity contribution in [3.63, 3.8) is 0 Å². The third-order valence-corrected chi connectivity index (χ3v) is 3.66. The zero-order chi connectivity index (χ0) is 14.7. The van der Waals surface area contributed by atoms with Crippen LogP contribution in [0.4, 0.5) is 5.82 Å². The Balaban J connectivity index is 2.14. The van der Waals surface area contributed by atoms with Gasteiger partial charge in [-0.05, 0) is 39.3 Å². The van der Waals surface area contributed by atoms with Gasteiger partial charge in [0.1, 0.15) is 5.82 Å². The average Bonchev–Trinajstić information content (AvgIpc) is 2.87. The van der Waals surface area contributed by atoms with E-state index in [0.717, 1.165) is 6.42 Å². The van der Waals surface area contributed by atoms with Crippen LogP contribution in [0.3, 0.4) is 0 Å². The van der Waals surface area contributed by atoms with Crippen LogP contribution in [0.5, 0.6) is 0 Å². The summed E-state index contributed by atoms with van der Waals surface area (Å²) in [7, 11) is 0. The van der Waals surface area contributed by atoms with Crippen LogP contribution < -0.4 is 5.32 Å². The van der Waals surface area contributed by atoms with E-state index in [1.54, 1.807) is 30.2 Å². The normalized spacial score (nSPS) is 20.2. The van der Waals surface area contributed by atoms with Crippen molar-refractivity contribution in [2.45, 2.75) is 39.3 Å². The van der Waals surface area contributed by atoms with E-state index in [-0.39, 0.29) is 24.0 Å². The standard InChI is InChI=1S/C15H23N3O2/c1-10(2)17-14-13(5-4-7-16-14)15(20)18-8-6-12(9-18)11(3)19/h4-5,7,10-12,19H,6,8-9H2,1-3H3,(H,16,17). The van der Waals surface area contributed by atoms with Gasteiger partial charge in [0, 0.05) is 31.2 Å². The number of hydrogen-bond donors (Lipinski definition) is 2. The predicted octanol–water partition coefficient (Wildman–Crippen LogP) is 1.74. The molecule has 2 heterocycles. The van der Waals surface area contributed by atoms with Crippen LogP contribution in [0.25, 0.3) is 0 Å². The van der Waals surface area contributed by atoms with Crippen molar-refractivity contribution in [2.24, 2.45) is 5.92 Å². The van der Waals surface area contributed by atoms with Crippen molar-refractivity contribution < 1.29 is 9.90 Å². The number of nitrogens with one attached hydrogen (secondary N) is 1. The second-order valence-corrected chi connectivity index (χ2v) is 5.74. The quantitative estimate of drug-likeness (QED) is 0.880. The molecule has 5 heteroatoms. The van der Waals surface area contributed by atoms with Gasteiger partial charge in [0.05, 0.1) is 11.7 Å². The van der Waals surface area contributed by atoms with E-state index in [4.69, 9.17) is 0 Å². The van der Waals surface area contributed by atoms with Gasteiger partial charge in [0.2, 0.25) is 0 Å². The average molecular weight is 277 g/mol. The molecule has 1 saturated heterocycles. The maximum Gasteiger partial charge on any atom is 0.257 e. The number of aliphatic hydroxyl groups excluding tert-OH is 1. The van der Waals surface area contributed by atoms with Gasteiger partial charge in [0.25, 0.3) is 5.91 Å². The van der Waals surface area contributed by atoms with E-state index < -0.39 is 0 Å². The number of rotatable bonds is 4. The van der Waals surface area contributed by atoms with Crippen molar-refractivity contribution in [1.29, 1.82) is 0 Å². The molecule has 1 aromatic rings. The van der Waals surface area contributed by atoms with Crippen LogP contribution in [0, 0.1) is 5.92 Å². The maximum atomic E-state index is 12.6. The predicted molar refractivity (Wildman–Crippen MR) is 78.7 cm³/mol. The molecular formula is C15H23N3O2. The third-order valence-electron chi connectivity index (χ3n) is 3.66. The first-order valence-corrected chi connectivity index (χ1v) is 7.18. The monoisotopic (exact) mass is 277 g/mol. The Hall–Kier alpha value is -1.62. The zero-order valence-electron chi connectivity index (χ0n) is 12.3. The van der Waals surface area contributed by atoms with Crippen molar-refractivity contribution in [3.05, 3.63) is 23.9 Å². The molecule has 1 aliphatic rings. The number of pyridine rings is 1. The number of aliphatic hydroxyl groups is 1. The largest absolute Gasteiger partial charge is 0.393 e. The summed E-state index contributed by atoms with van der Waals surface area (Å²) in [5.41, 5.74) is 0.604. The Morgan fingerprint density at radius 3 is 2.85 bits per heavy atom. The van der Waals surface area contributed by atoms with Gasteiger partial charge in [-0.2, -0.15) is 0 Å². The zero-order valence-corrected chi connectivity index (χ0v) is 12.3. The van der Waals surface area contributed by atoms with Crippen molar-refractivity contribution in [1.82, 2.24) is 9.88 Å². The summed E-state index contributed by atoms with van der Waals surface area (Å²) in [6.07, 6.45) is 2.18. The Kier molecular flexibility index (Phi) is 4.60. The number of amides is 1. The highest BCUT2D eigenvalue weighted by Gasteiger charge is 2.30. The molecule has 110 valence electrons. The van der Waals surface area contributed by atoms with Crippen LogP contribution in [0.1, 0.15) is 37.6 Å². The van der Waals surface area contributed by atoms with E-state index in [1.807, 2.05) is 13.8 Å². The molecule has 5 nitrogen and oxygen atoms in total. The molecule has 0 spiro atoms. The lowest BCUT2D eigenvalue weighted by atomic mass is 10.0. The fourth-order valence-electron chi connectivity index (χ4n) is 2.50. The minimum atomic E-state index is -0.366. The summed E-state index contributed by atoms with van der Waals surface area (Å²) in [6, 6.07) is 3.80. The summed E-state index contributed by atoms with van der Waals surface area (Å²) in [5.74, 6) is 0.800. The lowest BCUT2D eigenvalue weighted by Gasteiger charge is -2.20. The summed E-state index contributed by atoms with van der Waals surface area (Å²) in [6.45, 7) is 7.13. The minimum Gasteiger partial charge on any atom is -0.393 e. The Bertz CT molecular complexity index is 474. The van der Waals surface area contributed by atoms with Gasteiger partial charge in [-0.1, -0.05) is 0 Å². The first kappa shape index (κ1) is 14.8. The highest BCUT2D eigenvalue weighted by Crippen LogP contribution is 2.23.